The molecule has 134 valence electrons. The minimum Gasteiger partial charge on any atom is -0.303 e. The van der Waals surface area contributed by atoms with E-state index in [4.69, 9.17) is 0 Å². The van der Waals surface area contributed by atoms with Gasteiger partial charge in [-0.3, -0.25) is 10.1 Å². The van der Waals surface area contributed by atoms with Crippen molar-refractivity contribution in [1.29, 1.82) is 0 Å². The van der Waals surface area contributed by atoms with Crippen molar-refractivity contribution in [2.45, 2.75) is 43.1 Å². The molecule has 0 amide bonds. The molecule has 0 spiro atoms. The van der Waals surface area contributed by atoms with Crippen molar-refractivity contribution < 1.29 is 4.92 Å². The molecule has 6 nitrogen and oxygen atoms in total. The monoisotopic (exact) mass is 386 g/mol. The number of hydrogen-bond acceptors (Lipinski definition) is 6. The largest absolute Gasteiger partial charge is 0.303 e. The number of hydrogen-bond donors (Lipinski definition) is 0. The molecule has 2 heterocycles. The number of benzene rings is 1. The summed E-state index contributed by atoms with van der Waals surface area (Å²) in [6, 6.07) is 9.91. The Balaban J connectivity index is 1.55. The van der Waals surface area contributed by atoms with Crippen LogP contribution in [0.3, 0.4) is 0 Å². The van der Waals surface area contributed by atoms with Gasteiger partial charge in [-0.05, 0) is 36.8 Å². The van der Waals surface area contributed by atoms with Crippen molar-refractivity contribution in [3.05, 3.63) is 67.7 Å². The van der Waals surface area contributed by atoms with E-state index in [0.717, 1.165) is 28.5 Å². The van der Waals surface area contributed by atoms with Crippen LogP contribution in [-0.4, -0.2) is 19.7 Å². The van der Waals surface area contributed by atoms with Gasteiger partial charge >= 0.3 is 0 Å². The molecular weight excluding hydrogens is 368 g/mol. The Kier molecular flexibility index (Phi) is 4.78. The van der Waals surface area contributed by atoms with Crippen LogP contribution in [0.15, 0.2) is 40.9 Å². The Morgan fingerprint density at radius 2 is 2.15 bits per heavy atom. The standard InChI is InChI=1S/C18H18N4O2S2/c1-12-13(4-2-6-16(12)22(23)24)11-26-18-20-19-17(21(18)14-7-8-14)10-15-5-3-9-25-15/h2-6,9,14H,7-8,10-11H2,1H3. The van der Waals surface area contributed by atoms with Gasteiger partial charge < -0.3 is 4.57 Å². The molecule has 0 radical (unpaired) electrons. The van der Waals surface area contributed by atoms with E-state index in [-0.39, 0.29) is 10.6 Å². The Morgan fingerprint density at radius 3 is 2.85 bits per heavy atom. The third-order valence-electron chi connectivity index (χ3n) is 4.53. The fraction of sp³-hybridized carbons (Fsp3) is 0.333. The molecule has 0 saturated heterocycles. The van der Waals surface area contributed by atoms with Crippen LogP contribution in [0.1, 0.15) is 40.7 Å². The third kappa shape index (κ3) is 3.52. The lowest BCUT2D eigenvalue weighted by atomic mass is 10.1. The SMILES string of the molecule is Cc1c(CSc2nnc(Cc3cccs3)n2C2CC2)cccc1[N+](=O)[O-]. The van der Waals surface area contributed by atoms with Crippen LogP contribution in [-0.2, 0) is 12.2 Å². The number of thiophene rings is 1. The average Bonchev–Trinajstić information content (AvgIpc) is 3.17. The van der Waals surface area contributed by atoms with Gasteiger partial charge in [-0.2, -0.15) is 0 Å². The molecule has 0 bridgehead atoms. The molecule has 1 aromatic carbocycles. The zero-order chi connectivity index (χ0) is 18.1. The molecule has 1 aliphatic carbocycles. The molecule has 4 rings (SSSR count). The van der Waals surface area contributed by atoms with Gasteiger partial charge in [0.25, 0.3) is 5.69 Å². The Hall–Kier alpha value is -2.19. The molecule has 1 fully saturated rings. The lowest BCUT2D eigenvalue weighted by molar-refractivity contribution is -0.385. The first-order chi connectivity index (χ1) is 12.6. The number of nitrogens with zero attached hydrogens (tertiary/aromatic N) is 4. The first-order valence-corrected chi connectivity index (χ1v) is 10.3. The van der Waals surface area contributed by atoms with Gasteiger partial charge in [0.2, 0.25) is 0 Å². The number of thioether (sulfide) groups is 1. The van der Waals surface area contributed by atoms with Gasteiger partial charge in [-0.1, -0.05) is 30.0 Å². The molecule has 3 aromatic rings. The number of nitro groups is 1. The van der Waals surface area contributed by atoms with Crippen LogP contribution in [0.4, 0.5) is 5.69 Å². The summed E-state index contributed by atoms with van der Waals surface area (Å²) in [5, 5.41) is 22.9. The molecule has 0 N–H and O–H groups in total. The minimum atomic E-state index is -0.324. The number of aromatic nitrogens is 3. The van der Waals surface area contributed by atoms with Crippen molar-refractivity contribution in [2.24, 2.45) is 0 Å². The minimum absolute atomic E-state index is 0.171. The molecule has 1 aliphatic rings. The van der Waals surface area contributed by atoms with Crippen LogP contribution >= 0.6 is 23.1 Å². The van der Waals surface area contributed by atoms with Crippen molar-refractivity contribution in [1.82, 2.24) is 14.8 Å². The topological polar surface area (TPSA) is 73.8 Å². The third-order valence-corrected chi connectivity index (χ3v) is 6.40. The van der Waals surface area contributed by atoms with Crippen molar-refractivity contribution in [2.75, 3.05) is 0 Å². The Labute approximate surface area is 159 Å². The molecule has 0 aliphatic heterocycles. The van der Waals surface area contributed by atoms with E-state index in [0.29, 0.717) is 11.8 Å². The number of nitro benzene ring substituents is 1. The van der Waals surface area contributed by atoms with E-state index in [9.17, 15) is 10.1 Å². The summed E-state index contributed by atoms with van der Waals surface area (Å²) >= 11 is 3.34. The second kappa shape index (κ2) is 7.20. The lowest BCUT2D eigenvalue weighted by Crippen LogP contribution is -2.03. The van der Waals surface area contributed by atoms with E-state index < -0.39 is 0 Å². The highest BCUT2D eigenvalue weighted by molar-refractivity contribution is 7.98. The molecule has 26 heavy (non-hydrogen) atoms. The quantitative estimate of drug-likeness (QED) is 0.332. The highest BCUT2D eigenvalue weighted by Gasteiger charge is 2.29. The maximum Gasteiger partial charge on any atom is 0.272 e. The van der Waals surface area contributed by atoms with Crippen molar-refractivity contribution in [3.63, 3.8) is 0 Å². The first-order valence-electron chi connectivity index (χ1n) is 8.45. The zero-order valence-corrected chi connectivity index (χ0v) is 15.9. The highest BCUT2D eigenvalue weighted by atomic mass is 32.2. The molecule has 8 heteroatoms. The van der Waals surface area contributed by atoms with Gasteiger partial charge in [0, 0.05) is 34.7 Å². The molecular formula is C18H18N4O2S2. The first kappa shape index (κ1) is 17.2. The van der Waals surface area contributed by atoms with Gasteiger partial charge in [0.15, 0.2) is 5.16 Å². The molecule has 2 aromatic heterocycles. The zero-order valence-electron chi connectivity index (χ0n) is 14.3. The second-order valence-electron chi connectivity index (χ2n) is 6.36. The van der Waals surface area contributed by atoms with Gasteiger partial charge in [0.1, 0.15) is 5.82 Å². The summed E-state index contributed by atoms with van der Waals surface area (Å²) in [5.74, 6) is 1.66. The van der Waals surface area contributed by atoms with Crippen LogP contribution in [0.25, 0.3) is 0 Å². The fourth-order valence-corrected chi connectivity index (χ4v) is 4.75. The summed E-state index contributed by atoms with van der Waals surface area (Å²) in [4.78, 5) is 12.1. The van der Waals surface area contributed by atoms with E-state index >= 15 is 0 Å². The Morgan fingerprint density at radius 1 is 1.31 bits per heavy atom. The van der Waals surface area contributed by atoms with E-state index in [2.05, 4.69) is 32.3 Å². The average molecular weight is 387 g/mol. The predicted molar refractivity (Wildman–Crippen MR) is 103 cm³/mol. The summed E-state index contributed by atoms with van der Waals surface area (Å²) in [5.41, 5.74) is 1.86. The van der Waals surface area contributed by atoms with Crippen LogP contribution in [0.5, 0.6) is 0 Å². The van der Waals surface area contributed by atoms with Crippen LogP contribution < -0.4 is 0 Å². The highest BCUT2D eigenvalue weighted by Crippen LogP contribution is 2.40. The Bertz CT molecular complexity index is 933. The summed E-state index contributed by atoms with van der Waals surface area (Å²) in [6.07, 6.45) is 3.13. The van der Waals surface area contributed by atoms with Crippen LogP contribution in [0.2, 0.25) is 0 Å². The van der Waals surface area contributed by atoms with Gasteiger partial charge in [0.05, 0.1) is 4.92 Å². The van der Waals surface area contributed by atoms with Gasteiger partial charge in [-0.25, -0.2) is 0 Å². The second-order valence-corrected chi connectivity index (χ2v) is 8.34. The van der Waals surface area contributed by atoms with E-state index in [1.54, 1.807) is 35.2 Å². The maximum atomic E-state index is 11.1. The molecule has 1 saturated carbocycles. The smallest absolute Gasteiger partial charge is 0.272 e. The van der Waals surface area contributed by atoms with Crippen molar-refractivity contribution in [3.8, 4) is 0 Å². The normalized spacial score (nSPS) is 13.9. The number of rotatable bonds is 7. The van der Waals surface area contributed by atoms with Crippen molar-refractivity contribution >= 4 is 28.8 Å². The molecule has 0 atom stereocenters. The maximum absolute atomic E-state index is 11.1. The van der Waals surface area contributed by atoms with E-state index in [1.165, 1.54) is 17.7 Å². The van der Waals surface area contributed by atoms with E-state index in [1.807, 2.05) is 13.0 Å². The molecule has 0 unspecified atom stereocenters. The summed E-state index contributed by atoms with van der Waals surface area (Å²) in [7, 11) is 0. The van der Waals surface area contributed by atoms with Crippen LogP contribution in [0, 0.1) is 17.0 Å². The van der Waals surface area contributed by atoms with Gasteiger partial charge in [-0.15, -0.1) is 21.5 Å². The summed E-state index contributed by atoms with van der Waals surface area (Å²) in [6.45, 7) is 1.81. The predicted octanol–water partition coefficient (Wildman–Crippen LogP) is 4.77. The fourth-order valence-electron chi connectivity index (χ4n) is 2.96. The lowest BCUT2D eigenvalue weighted by Gasteiger charge is -2.09. The summed E-state index contributed by atoms with van der Waals surface area (Å²) < 4.78 is 2.26.